The summed E-state index contributed by atoms with van der Waals surface area (Å²) >= 11 is 12.2. The standard InChI is InChI=1S/C21H16Cl2O6/c1-2-28-20(26)16(24)10-14(12-8-7-11(22)9-15(12)23)18-19(25)13-5-3-4-6-17(13)29-21(18)27/h3-9,14,25H,2,10H2,1H3/t14-/m0/s1. The third kappa shape index (κ3) is 4.28. The molecular formula is C21H16Cl2O6. The second-order valence-electron chi connectivity index (χ2n) is 6.21. The van der Waals surface area contributed by atoms with Crippen molar-refractivity contribution in [2.24, 2.45) is 0 Å². The number of para-hydroxylation sites is 1. The fourth-order valence-corrected chi connectivity index (χ4v) is 3.63. The van der Waals surface area contributed by atoms with E-state index in [1.165, 1.54) is 24.3 Å². The molecule has 1 atom stereocenters. The lowest BCUT2D eigenvalue weighted by Gasteiger charge is -2.19. The molecule has 1 aromatic heterocycles. The van der Waals surface area contributed by atoms with Crippen molar-refractivity contribution in [3.63, 3.8) is 0 Å². The normalized spacial score (nSPS) is 12.0. The summed E-state index contributed by atoms with van der Waals surface area (Å²) in [6.45, 7) is 1.60. The number of carbonyl (C=O) groups excluding carboxylic acids is 2. The fourth-order valence-electron chi connectivity index (χ4n) is 3.09. The Morgan fingerprint density at radius 2 is 1.90 bits per heavy atom. The van der Waals surface area contributed by atoms with Crippen molar-refractivity contribution in [1.82, 2.24) is 0 Å². The van der Waals surface area contributed by atoms with E-state index in [0.717, 1.165) is 0 Å². The Morgan fingerprint density at radius 3 is 2.59 bits per heavy atom. The molecule has 2 aromatic carbocycles. The Bertz CT molecular complexity index is 1150. The minimum atomic E-state index is -1.04. The van der Waals surface area contributed by atoms with E-state index in [4.69, 9.17) is 32.4 Å². The molecule has 29 heavy (non-hydrogen) atoms. The van der Waals surface area contributed by atoms with Crippen molar-refractivity contribution in [3.05, 3.63) is 74.1 Å². The van der Waals surface area contributed by atoms with Gasteiger partial charge in [0.1, 0.15) is 11.3 Å². The molecule has 0 unspecified atom stereocenters. The summed E-state index contributed by atoms with van der Waals surface area (Å²) in [7, 11) is 0. The highest BCUT2D eigenvalue weighted by molar-refractivity contribution is 6.35. The number of halogens is 2. The van der Waals surface area contributed by atoms with Gasteiger partial charge in [-0.2, -0.15) is 0 Å². The van der Waals surface area contributed by atoms with Gasteiger partial charge in [-0.05, 0) is 36.8 Å². The Hall–Kier alpha value is -2.83. The monoisotopic (exact) mass is 434 g/mol. The summed E-state index contributed by atoms with van der Waals surface area (Å²) in [5.74, 6) is -3.29. The quantitative estimate of drug-likeness (QED) is 0.349. The number of hydrogen-bond acceptors (Lipinski definition) is 6. The molecule has 0 fully saturated rings. The van der Waals surface area contributed by atoms with Crippen LogP contribution in [0.1, 0.15) is 30.4 Å². The van der Waals surface area contributed by atoms with Crippen molar-refractivity contribution in [2.75, 3.05) is 6.61 Å². The van der Waals surface area contributed by atoms with Crippen molar-refractivity contribution in [1.29, 1.82) is 0 Å². The number of rotatable bonds is 6. The van der Waals surface area contributed by atoms with Gasteiger partial charge in [0.05, 0.1) is 17.6 Å². The van der Waals surface area contributed by atoms with E-state index in [0.29, 0.717) is 16.0 Å². The zero-order valence-electron chi connectivity index (χ0n) is 15.3. The Labute approximate surface area is 175 Å². The molecule has 1 N–H and O–H groups in total. The molecule has 8 heteroatoms. The van der Waals surface area contributed by atoms with Gasteiger partial charge in [0, 0.05) is 22.4 Å². The first kappa shape index (κ1) is 20.9. The molecule has 0 radical (unpaired) electrons. The van der Waals surface area contributed by atoms with Gasteiger partial charge in [-0.1, -0.05) is 41.4 Å². The third-order valence-electron chi connectivity index (χ3n) is 4.40. The van der Waals surface area contributed by atoms with Crippen LogP contribution < -0.4 is 5.63 Å². The highest BCUT2D eigenvalue weighted by Crippen LogP contribution is 2.39. The molecular weight excluding hydrogens is 419 g/mol. The van der Waals surface area contributed by atoms with E-state index in [9.17, 15) is 19.5 Å². The second kappa shape index (κ2) is 8.68. The number of esters is 1. The van der Waals surface area contributed by atoms with Crippen molar-refractivity contribution in [2.45, 2.75) is 19.3 Å². The minimum Gasteiger partial charge on any atom is -0.507 e. The van der Waals surface area contributed by atoms with E-state index >= 15 is 0 Å². The lowest BCUT2D eigenvalue weighted by molar-refractivity contribution is -0.153. The maximum absolute atomic E-state index is 12.7. The fraction of sp³-hybridized carbons (Fsp3) is 0.190. The molecule has 3 aromatic rings. The minimum absolute atomic E-state index is 0.0281. The number of carbonyl (C=O) groups is 2. The third-order valence-corrected chi connectivity index (χ3v) is 4.96. The number of fused-ring (bicyclic) bond motifs is 1. The molecule has 0 aliphatic heterocycles. The first-order valence-electron chi connectivity index (χ1n) is 8.73. The SMILES string of the molecule is CCOC(=O)C(=O)C[C@@H](c1ccc(Cl)cc1Cl)c1c(O)c2ccccc2oc1=O. The molecule has 150 valence electrons. The summed E-state index contributed by atoms with van der Waals surface area (Å²) in [6, 6.07) is 10.9. The van der Waals surface area contributed by atoms with Crippen LogP contribution in [0, 0.1) is 0 Å². The largest absolute Gasteiger partial charge is 0.507 e. The maximum atomic E-state index is 12.7. The van der Waals surface area contributed by atoms with Crippen molar-refractivity contribution < 1.29 is 23.8 Å². The number of Topliss-reactive ketones (excluding diaryl/α,β-unsaturated/α-hetero) is 1. The molecule has 0 aliphatic carbocycles. The first-order chi connectivity index (χ1) is 13.8. The summed E-state index contributed by atoms with van der Waals surface area (Å²) in [4.78, 5) is 37.0. The average Bonchev–Trinajstić information content (AvgIpc) is 2.67. The van der Waals surface area contributed by atoms with E-state index < -0.39 is 29.7 Å². The van der Waals surface area contributed by atoms with E-state index in [2.05, 4.69) is 0 Å². The summed E-state index contributed by atoms with van der Waals surface area (Å²) in [5.41, 5.74) is -0.484. The molecule has 6 nitrogen and oxygen atoms in total. The lowest BCUT2D eigenvalue weighted by atomic mass is 9.86. The second-order valence-corrected chi connectivity index (χ2v) is 7.06. The van der Waals surface area contributed by atoms with Crippen LogP contribution in [-0.4, -0.2) is 23.5 Å². The van der Waals surface area contributed by atoms with Crippen LogP contribution in [-0.2, 0) is 14.3 Å². The van der Waals surface area contributed by atoms with Crippen molar-refractivity contribution in [3.8, 4) is 5.75 Å². The summed E-state index contributed by atoms with van der Waals surface area (Å²) in [5, 5.41) is 11.6. The van der Waals surface area contributed by atoms with Crippen LogP contribution in [0.5, 0.6) is 5.75 Å². The van der Waals surface area contributed by atoms with Crippen LogP contribution >= 0.6 is 23.2 Å². The Kier molecular flexibility index (Phi) is 6.25. The van der Waals surface area contributed by atoms with Crippen LogP contribution in [0.3, 0.4) is 0 Å². The van der Waals surface area contributed by atoms with Gasteiger partial charge in [0.15, 0.2) is 0 Å². The molecule has 1 heterocycles. The number of ketones is 1. The van der Waals surface area contributed by atoms with Gasteiger partial charge in [-0.15, -0.1) is 0 Å². The smallest absolute Gasteiger partial charge is 0.374 e. The number of aromatic hydroxyl groups is 1. The molecule has 0 saturated heterocycles. The zero-order chi connectivity index (χ0) is 21.1. The highest BCUT2D eigenvalue weighted by atomic mass is 35.5. The predicted octanol–water partition coefficient (Wildman–Crippen LogP) is 4.46. The van der Waals surface area contributed by atoms with E-state index in [1.807, 2.05) is 0 Å². The van der Waals surface area contributed by atoms with Gasteiger partial charge in [-0.3, -0.25) is 4.79 Å². The number of benzene rings is 2. The van der Waals surface area contributed by atoms with Gasteiger partial charge < -0.3 is 14.3 Å². The maximum Gasteiger partial charge on any atom is 0.374 e. The molecule has 3 rings (SSSR count). The van der Waals surface area contributed by atoms with Crippen LogP contribution in [0.25, 0.3) is 11.0 Å². The molecule has 0 saturated carbocycles. The van der Waals surface area contributed by atoms with Crippen LogP contribution in [0.4, 0.5) is 0 Å². The van der Waals surface area contributed by atoms with Crippen LogP contribution in [0.2, 0.25) is 10.0 Å². The molecule has 0 amide bonds. The van der Waals surface area contributed by atoms with Crippen molar-refractivity contribution >= 4 is 45.9 Å². The topological polar surface area (TPSA) is 93.8 Å². The highest BCUT2D eigenvalue weighted by Gasteiger charge is 2.31. The molecule has 0 bridgehead atoms. The summed E-state index contributed by atoms with van der Waals surface area (Å²) < 4.78 is 10.1. The zero-order valence-corrected chi connectivity index (χ0v) is 16.8. The predicted molar refractivity (Wildman–Crippen MR) is 109 cm³/mol. The van der Waals surface area contributed by atoms with Gasteiger partial charge in [0.2, 0.25) is 5.78 Å². The van der Waals surface area contributed by atoms with Gasteiger partial charge >= 0.3 is 11.6 Å². The average molecular weight is 435 g/mol. The number of hydrogen-bond donors (Lipinski definition) is 1. The first-order valence-corrected chi connectivity index (χ1v) is 9.48. The molecule has 0 aliphatic rings. The van der Waals surface area contributed by atoms with E-state index in [1.54, 1.807) is 25.1 Å². The summed E-state index contributed by atoms with van der Waals surface area (Å²) in [6.07, 6.45) is -0.448. The number of ether oxygens (including phenoxy) is 1. The molecule has 0 spiro atoms. The lowest BCUT2D eigenvalue weighted by Crippen LogP contribution is -2.23. The van der Waals surface area contributed by atoms with Crippen LogP contribution in [0.15, 0.2) is 51.7 Å². The Morgan fingerprint density at radius 1 is 1.17 bits per heavy atom. The van der Waals surface area contributed by atoms with E-state index in [-0.39, 0.29) is 28.5 Å². The van der Waals surface area contributed by atoms with Gasteiger partial charge in [-0.25, -0.2) is 9.59 Å². The Balaban J connectivity index is 2.20. The van der Waals surface area contributed by atoms with Gasteiger partial charge in [0.25, 0.3) is 0 Å².